The van der Waals surface area contributed by atoms with Gasteiger partial charge in [0.15, 0.2) is 9.84 Å². The first-order chi connectivity index (χ1) is 18.4. The van der Waals surface area contributed by atoms with Crippen molar-refractivity contribution in [2.75, 3.05) is 17.2 Å². The van der Waals surface area contributed by atoms with E-state index in [4.69, 9.17) is 16.3 Å². The summed E-state index contributed by atoms with van der Waals surface area (Å²) in [4.78, 5) is 39.8. The molecule has 0 saturated carbocycles. The molecule has 3 amide bonds. The lowest BCUT2D eigenvalue weighted by molar-refractivity contribution is -0.135. The van der Waals surface area contributed by atoms with Gasteiger partial charge in [-0.05, 0) is 63.1 Å². The molecule has 0 aliphatic carbocycles. The van der Waals surface area contributed by atoms with Gasteiger partial charge >= 0.3 is 12.3 Å². The molecule has 0 bridgehead atoms. The molecule has 40 heavy (non-hydrogen) atoms. The second-order valence-electron chi connectivity index (χ2n) is 10.2. The smallest absolute Gasteiger partial charge is 0.408 e. The van der Waals surface area contributed by atoms with Crippen LogP contribution in [0.1, 0.15) is 49.5 Å². The number of rotatable bonds is 7. The SMILES string of the molecule is CC(C)(C)OC(=O)N[C@H]1CS(=O)(=O)c2ccc(C(=O)NCCCC(F)(F)F)cc2N(Cc2ccc(Cl)cc2)C1=O. The number of alkyl carbamates (subject to hydrolysis) is 1. The fourth-order valence-corrected chi connectivity index (χ4v) is 5.63. The standard InChI is InChI=1S/C26H29ClF3N3O6S/c1-25(2,3)39-24(36)32-19-15-40(37,38)21-10-7-17(22(34)31-12-4-11-26(28,29)30)13-20(21)33(23(19)35)14-16-5-8-18(27)9-6-16/h5-10,13,19H,4,11-12,14-15H2,1-3H3,(H,31,34)(H,32,36)/t19-/m0/s1. The highest BCUT2D eigenvalue weighted by Crippen LogP contribution is 2.33. The summed E-state index contributed by atoms with van der Waals surface area (Å²) in [7, 11) is -4.17. The first kappa shape index (κ1) is 31.2. The van der Waals surface area contributed by atoms with E-state index in [1.54, 1.807) is 45.0 Å². The van der Waals surface area contributed by atoms with Gasteiger partial charge in [-0.1, -0.05) is 23.7 Å². The largest absolute Gasteiger partial charge is 0.444 e. The van der Waals surface area contributed by atoms with E-state index in [1.165, 1.54) is 12.1 Å². The molecule has 1 aliphatic heterocycles. The molecule has 1 heterocycles. The number of carbonyl (C=O) groups excluding carboxylic acids is 3. The molecule has 2 N–H and O–H groups in total. The van der Waals surface area contributed by atoms with Crippen molar-refractivity contribution in [3.63, 3.8) is 0 Å². The fourth-order valence-electron chi connectivity index (χ4n) is 3.90. The van der Waals surface area contributed by atoms with Gasteiger partial charge in [0.25, 0.3) is 11.8 Å². The molecule has 3 rings (SSSR count). The average Bonchev–Trinajstić information content (AvgIpc) is 2.89. The summed E-state index contributed by atoms with van der Waals surface area (Å²) in [5.74, 6) is -2.28. The van der Waals surface area contributed by atoms with Crippen LogP contribution in [0.15, 0.2) is 47.4 Å². The van der Waals surface area contributed by atoms with E-state index in [0.717, 1.165) is 11.0 Å². The van der Waals surface area contributed by atoms with E-state index in [1.807, 2.05) is 0 Å². The van der Waals surface area contributed by atoms with E-state index < -0.39 is 57.7 Å². The number of sulfone groups is 1. The predicted octanol–water partition coefficient (Wildman–Crippen LogP) is 4.63. The number of benzene rings is 2. The van der Waals surface area contributed by atoms with Gasteiger partial charge in [0.2, 0.25) is 0 Å². The summed E-state index contributed by atoms with van der Waals surface area (Å²) in [6, 6.07) is 8.46. The summed E-state index contributed by atoms with van der Waals surface area (Å²) in [5.41, 5.74) is -0.517. The zero-order valence-electron chi connectivity index (χ0n) is 22.0. The van der Waals surface area contributed by atoms with Crippen LogP contribution in [0.25, 0.3) is 0 Å². The third-order valence-electron chi connectivity index (χ3n) is 5.66. The number of amides is 3. The van der Waals surface area contributed by atoms with Gasteiger partial charge in [0, 0.05) is 23.6 Å². The first-order valence-corrected chi connectivity index (χ1v) is 14.3. The van der Waals surface area contributed by atoms with Crippen LogP contribution in [-0.4, -0.2) is 56.4 Å². The van der Waals surface area contributed by atoms with Crippen LogP contribution >= 0.6 is 11.6 Å². The van der Waals surface area contributed by atoms with E-state index in [9.17, 15) is 36.0 Å². The van der Waals surface area contributed by atoms with Crippen LogP contribution in [0.4, 0.5) is 23.7 Å². The normalized spacial score (nSPS) is 17.0. The average molecular weight is 604 g/mol. The van der Waals surface area contributed by atoms with Gasteiger partial charge in [-0.15, -0.1) is 0 Å². The van der Waals surface area contributed by atoms with Crippen LogP contribution in [0, 0.1) is 0 Å². The Morgan fingerprint density at radius 2 is 1.75 bits per heavy atom. The molecule has 1 atom stereocenters. The minimum Gasteiger partial charge on any atom is -0.444 e. The predicted molar refractivity (Wildman–Crippen MR) is 142 cm³/mol. The van der Waals surface area contributed by atoms with Gasteiger partial charge < -0.3 is 20.3 Å². The molecule has 2 aromatic rings. The maximum Gasteiger partial charge on any atom is 0.408 e. The van der Waals surface area contributed by atoms with Crippen LogP contribution < -0.4 is 15.5 Å². The number of hydrogen-bond donors (Lipinski definition) is 2. The van der Waals surface area contributed by atoms with Crippen LogP contribution in [-0.2, 0) is 25.9 Å². The minimum atomic E-state index is -4.37. The Bertz CT molecular complexity index is 1380. The van der Waals surface area contributed by atoms with E-state index in [0.29, 0.717) is 10.6 Å². The van der Waals surface area contributed by atoms with Crippen LogP contribution in [0.5, 0.6) is 0 Å². The number of halogens is 4. The van der Waals surface area contributed by atoms with Gasteiger partial charge in [-0.2, -0.15) is 13.2 Å². The van der Waals surface area contributed by atoms with Crippen LogP contribution in [0.2, 0.25) is 5.02 Å². The second-order valence-corrected chi connectivity index (χ2v) is 12.6. The van der Waals surface area contributed by atoms with Crippen molar-refractivity contribution in [2.45, 2.75) is 62.9 Å². The van der Waals surface area contributed by atoms with Crippen molar-refractivity contribution >= 4 is 45.0 Å². The molecule has 0 saturated heterocycles. The molecular weight excluding hydrogens is 575 g/mol. The highest BCUT2D eigenvalue weighted by atomic mass is 35.5. The zero-order valence-corrected chi connectivity index (χ0v) is 23.5. The number of anilines is 1. The number of alkyl halides is 3. The van der Waals surface area contributed by atoms with E-state index in [-0.39, 0.29) is 35.7 Å². The topological polar surface area (TPSA) is 122 Å². The molecular formula is C26H29ClF3N3O6S. The Kier molecular flexibility index (Phi) is 9.40. The molecule has 0 fully saturated rings. The quantitative estimate of drug-likeness (QED) is 0.445. The van der Waals surface area contributed by atoms with Crippen molar-refractivity contribution in [1.29, 1.82) is 0 Å². The molecule has 2 aromatic carbocycles. The van der Waals surface area contributed by atoms with Gasteiger partial charge in [-0.3, -0.25) is 9.59 Å². The number of nitrogens with zero attached hydrogens (tertiary/aromatic N) is 1. The van der Waals surface area contributed by atoms with Gasteiger partial charge in [0.1, 0.15) is 11.6 Å². The maximum absolute atomic E-state index is 13.7. The Hall–Kier alpha value is -3.32. The van der Waals surface area contributed by atoms with Gasteiger partial charge in [-0.25, -0.2) is 13.2 Å². The fraction of sp³-hybridized carbons (Fsp3) is 0.423. The molecule has 14 heteroatoms. The summed E-state index contributed by atoms with van der Waals surface area (Å²) < 4.78 is 69.2. The Balaban J connectivity index is 1.99. The third-order valence-corrected chi connectivity index (χ3v) is 7.70. The lowest BCUT2D eigenvalue weighted by Crippen LogP contribution is -2.51. The Labute approximate surface area is 234 Å². The summed E-state index contributed by atoms with van der Waals surface area (Å²) in [5, 5.41) is 5.15. The maximum atomic E-state index is 13.7. The molecule has 0 unspecified atom stereocenters. The van der Waals surface area contributed by atoms with Crippen molar-refractivity contribution in [3.05, 3.63) is 58.6 Å². The second kappa shape index (κ2) is 12.0. The third kappa shape index (κ3) is 8.59. The molecule has 0 spiro atoms. The Morgan fingerprint density at radius 1 is 1.10 bits per heavy atom. The summed E-state index contributed by atoms with van der Waals surface area (Å²) in [6.45, 7) is 4.43. The molecule has 9 nitrogen and oxygen atoms in total. The molecule has 0 radical (unpaired) electrons. The molecule has 0 aromatic heterocycles. The lowest BCUT2D eigenvalue weighted by Gasteiger charge is -2.27. The number of hydrogen-bond acceptors (Lipinski definition) is 6. The minimum absolute atomic E-state index is 0.0617. The van der Waals surface area contributed by atoms with Crippen molar-refractivity contribution in [2.24, 2.45) is 0 Å². The summed E-state index contributed by atoms with van der Waals surface area (Å²) >= 11 is 5.97. The number of carbonyl (C=O) groups is 3. The Morgan fingerprint density at radius 3 is 2.35 bits per heavy atom. The van der Waals surface area contributed by atoms with Crippen LogP contribution in [0.3, 0.4) is 0 Å². The highest BCUT2D eigenvalue weighted by Gasteiger charge is 2.39. The first-order valence-electron chi connectivity index (χ1n) is 12.2. The number of nitrogens with one attached hydrogen (secondary N) is 2. The monoisotopic (exact) mass is 603 g/mol. The van der Waals surface area contributed by atoms with Gasteiger partial charge in [0.05, 0.1) is 22.9 Å². The lowest BCUT2D eigenvalue weighted by atomic mass is 10.1. The summed E-state index contributed by atoms with van der Waals surface area (Å²) in [6.07, 6.45) is -6.77. The van der Waals surface area contributed by atoms with E-state index in [2.05, 4.69) is 10.6 Å². The number of ether oxygens (including phenoxy) is 1. The van der Waals surface area contributed by atoms with Crippen molar-refractivity contribution in [1.82, 2.24) is 10.6 Å². The van der Waals surface area contributed by atoms with E-state index >= 15 is 0 Å². The highest BCUT2D eigenvalue weighted by molar-refractivity contribution is 7.91. The zero-order chi connectivity index (χ0) is 29.9. The number of fused-ring (bicyclic) bond motifs is 1. The van der Waals surface area contributed by atoms with Crippen molar-refractivity contribution < 1.29 is 40.7 Å². The molecule has 1 aliphatic rings. The van der Waals surface area contributed by atoms with Crippen molar-refractivity contribution in [3.8, 4) is 0 Å². The molecule has 218 valence electrons.